The molecule has 31 heavy (non-hydrogen) atoms. The SMILES string of the molecule is COC(=O)CCSc1cc(NNC(=O)OC)nc(Cc2ccc(NC(C)=O)c(O)c2)n1. The van der Waals surface area contributed by atoms with E-state index in [1.54, 1.807) is 18.2 Å². The Morgan fingerprint density at radius 1 is 1.13 bits per heavy atom. The number of carbonyl (C=O) groups excluding carboxylic acids is 3. The molecule has 1 aromatic heterocycles. The molecule has 11 nitrogen and oxygen atoms in total. The van der Waals surface area contributed by atoms with Gasteiger partial charge in [0.1, 0.15) is 22.4 Å². The van der Waals surface area contributed by atoms with Crippen molar-refractivity contribution in [3.05, 3.63) is 35.7 Å². The van der Waals surface area contributed by atoms with Crippen molar-refractivity contribution in [1.82, 2.24) is 15.4 Å². The first-order chi connectivity index (χ1) is 14.8. The number of ether oxygens (including phenoxy) is 2. The van der Waals surface area contributed by atoms with Gasteiger partial charge in [0, 0.05) is 25.2 Å². The van der Waals surface area contributed by atoms with Crippen LogP contribution in [0, 0.1) is 0 Å². The molecule has 0 fully saturated rings. The zero-order valence-corrected chi connectivity index (χ0v) is 18.0. The van der Waals surface area contributed by atoms with E-state index in [9.17, 15) is 19.5 Å². The lowest BCUT2D eigenvalue weighted by molar-refractivity contribution is -0.140. The summed E-state index contributed by atoms with van der Waals surface area (Å²) in [6.07, 6.45) is -0.215. The number of methoxy groups -OCH3 is 2. The van der Waals surface area contributed by atoms with E-state index in [1.807, 2.05) is 0 Å². The molecule has 0 spiro atoms. The summed E-state index contributed by atoms with van der Waals surface area (Å²) in [6, 6.07) is 6.43. The topological polar surface area (TPSA) is 152 Å². The van der Waals surface area contributed by atoms with Crippen LogP contribution in [-0.4, -0.2) is 53.0 Å². The van der Waals surface area contributed by atoms with Gasteiger partial charge in [0.05, 0.1) is 26.3 Å². The van der Waals surface area contributed by atoms with Crippen LogP contribution in [0.3, 0.4) is 0 Å². The minimum Gasteiger partial charge on any atom is -0.506 e. The number of esters is 1. The fraction of sp³-hybridized carbons (Fsp3) is 0.316. The number of hydrazine groups is 1. The van der Waals surface area contributed by atoms with E-state index in [4.69, 9.17) is 0 Å². The number of carbonyl (C=O) groups is 3. The van der Waals surface area contributed by atoms with Crippen LogP contribution in [0.5, 0.6) is 5.75 Å². The lowest BCUT2D eigenvalue weighted by Crippen LogP contribution is -2.29. The van der Waals surface area contributed by atoms with Gasteiger partial charge in [-0.25, -0.2) is 20.2 Å². The number of nitrogens with zero attached hydrogens (tertiary/aromatic N) is 2. The van der Waals surface area contributed by atoms with Gasteiger partial charge in [-0.1, -0.05) is 6.07 Å². The van der Waals surface area contributed by atoms with Crippen LogP contribution < -0.4 is 16.2 Å². The summed E-state index contributed by atoms with van der Waals surface area (Å²) in [6.45, 7) is 1.35. The Kier molecular flexibility index (Phi) is 8.88. The Bertz CT molecular complexity index is 955. The fourth-order valence-electron chi connectivity index (χ4n) is 2.36. The number of thioether (sulfide) groups is 1. The van der Waals surface area contributed by atoms with Gasteiger partial charge in [-0.05, 0) is 17.7 Å². The number of hydrogen-bond donors (Lipinski definition) is 4. The second-order valence-electron chi connectivity index (χ2n) is 6.13. The number of rotatable bonds is 9. The number of aromatic hydroxyl groups is 1. The zero-order chi connectivity index (χ0) is 22.8. The lowest BCUT2D eigenvalue weighted by atomic mass is 10.1. The van der Waals surface area contributed by atoms with Crippen molar-refractivity contribution < 1.29 is 29.0 Å². The Morgan fingerprint density at radius 3 is 2.55 bits per heavy atom. The van der Waals surface area contributed by atoms with Crippen LogP contribution in [0.4, 0.5) is 16.3 Å². The normalized spacial score (nSPS) is 10.2. The van der Waals surface area contributed by atoms with Crippen LogP contribution in [0.25, 0.3) is 0 Å². The molecule has 4 N–H and O–H groups in total. The highest BCUT2D eigenvalue weighted by atomic mass is 32.2. The average molecular weight is 449 g/mol. The smallest absolute Gasteiger partial charge is 0.425 e. The number of phenols is 1. The summed E-state index contributed by atoms with van der Waals surface area (Å²) in [5, 5.41) is 13.2. The fourth-order valence-corrected chi connectivity index (χ4v) is 3.20. The molecule has 1 aromatic carbocycles. The lowest BCUT2D eigenvalue weighted by Gasteiger charge is -2.11. The molecule has 0 atom stereocenters. The number of aromatic nitrogens is 2. The van der Waals surface area contributed by atoms with Crippen LogP contribution >= 0.6 is 11.8 Å². The van der Waals surface area contributed by atoms with E-state index in [0.29, 0.717) is 33.7 Å². The van der Waals surface area contributed by atoms with Crippen molar-refractivity contribution in [1.29, 1.82) is 0 Å². The van der Waals surface area contributed by atoms with Gasteiger partial charge < -0.3 is 19.9 Å². The standard InChI is InChI=1S/C19H23N5O6S/c1-11(25)20-13-5-4-12(8-14(13)26)9-15-21-16(23-24-19(28)30-3)10-17(22-15)31-7-6-18(27)29-2/h4-5,8,10,26H,6-7,9H2,1-3H3,(H,20,25)(H,24,28)(H,21,22,23). The first kappa shape index (κ1) is 23.7. The van der Waals surface area contributed by atoms with E-state index in [2.05, 4.69) is 35.6 Å². The molecular weight excluding hydrogens is 426 g/mol. The van der Waals surface area contributed by atoms with E-state index in [1.165, 1.54) is 39.0 Å². The third-order valence-corrected chi connectivity index (χ3v) is 4.66. The number of anilines is 2. The van der Waals surface area contributed by atoms with Gasteiger partial charge in [0.25, 0.3) is 0 Å². The largest absolute Gasteiger partial charge is 0.506 e. The van der Waals surface area contributed by atoms with Crippen LogP contribution in [0.15, 0.2) is 29.3 Å². The van der Waals surface area contributed by atoms with Crippen molar-refractivity contribution in [2.75, 3.05) is 30.7 Å². The minimum absolute atomic E-state index is 0.0815. The molecule has 0 aliphatic heterocycles. The summed E-state index contributed by atoms with van der Waals surface area (Å²) in [7, 11) is 2.55. The molecule has 0 aliphatic carbocycles. The summed E-state index contributed by atoms with van der Waals surface area (Å²) in [5.41, 5.74) is 5.96. The maximum Gasteiger partial charge on any atom is 0.425 e. The molecular formula is C19H23N5O6S. The second kappa shape index (κ2) is 11.6. The Labute approximate surface area is 182 Å². The van der Waals surface area contributed by atoms with Gasteiger partial charge in [-0.2, -0.15) is 0 Å². The molecule has 1 heterocycles. The number of phenolic OH excluding ortho intramolecular Hbond substituents is 1. The number of hydrogen-bond acceptors (Lipinski definition) is 10. The second-order valence-corrected chi connectivity index (χ2v) is 7.25. The van der Waals surface area contributed by atoms with Crippen molar-refractivity contribution in [3.63, 3.8) is 0 Å². The first-order valence-corrected chi connectivity index (χ1v) is 10.1. The van der Waals surface area contributed by atoms with E-state index in [0.717, 1.165) is 0 Å². The highest BCUT2D eigenvalue weighted by Crippen LogP contribution is 2.26. The maximum absolute atomic E-state index is 11.3. The van der Waals surface area contributed by atoms with Gasteiger partial charge in [0.15, 0.2) is 0 Å². The van der Waals surface area contributed by atoms with E-state index >= 15 is 0 Å². The van der Waals surface area contributed by atoms with Gasteiger partial charge in [-0.15, -0.1) is 11.8 Å². The van der Waals surface area contributed by atoms with E-state index < -0.39 is 6.09 Å². The van der Waals surface area contributed by atoms with E-state index in [-0.39, 0.29) is 30.5 Å². The van der Waals surface area contributed by atoms with Crippen molar-refractivity contribution >= 4 is 41.2 Å². The summed E-state index contributed by atoms with van der Waals surface area (Å²) in [4.78, 5) is 42.6. The Hall–Kier alpha value is -3.54. The summed E-state index contributed by atoms with van der Waals surface area (Å²) < 4.78 is 9.14. The molecule has 0 unspecified atom stereocenters. The van der Waals surface area contributed by atoms with Crippen LogP contribution in [-0.2, 0) is 25.5 Å². The van der Waals surface area contributed by atoms with Crippen LogP contribution in [0.2, 0.25) is 0 Å². The highest BCUT2D eigenvalue weighted by Gasteiger charge is 2.11. The Morgan fingerprint density at radius 2 is 1.90 bits per heavy atom. The molecule has 2 rings (SSSR count). The molecule has 0 aliphatic rings. The van der Waals surface area contributed by atoms with Crippen molar-refractivity contribution in [2.45, 2.75) is 24.8 Å². The van der Waals surface area contributed by atoms with Gasteiger partial charge in [-0.3, -0.25) is 15.0 Å². The zero-order valence-electron chi connectivity index (χ0n) is 17.2. The first-order valence-electron chi connectivity index (χ1n) is 9.07. The molecule has 2 aromatic rings. The number of benzene rings is 1. The maximum atomic E-state index is 11.3. The average Bonchev–Trinajstić information content (AvgIpc) is 2.73. The third-order valence-electron chi connectivity index (χ3n) is 3.75. The molecule has 0 radical (unpaired) electrons. The molecule has 0 saturated heterocycles. The Balaban J connectivity index is 2.20. The molecule has 2 amide bonds. The predicted octanol–water partition coefficient (Wildman–Crippen LogP) is 2.07. The molecule has 166 valence electrons. The monoisotopic (exact) mass is 449 g/mol. The van der Waals surface area contributed by atoms with Gasteiger partial charge >= 0.3 is 12.1 Å². The van der Waals surface area contributed by atoms with Crippen molar-refractivity contribution in [3.8, 4) is 5.75 Å². The van der Waals surface area contributed by atoms with Crippen LogP contribution in [0.1, 0.15) is 24.7 Å². The van der Waals surface area contributed by atoms with Crippen molar-refractivity contribution in [2.24, 2.45) is 0 Å². The number of amides is 2. The molecule has 12 heteroatoms. The molecule has 0 bridgehead atoms. The summed E-state index contributed by atoms with van der Waals surface area (Å²) >= 11 is 1.32. The summed E-state index contributed by atoms with van der Waals surface area (Å²) in [5.74, 6) is 0.458. The highest BCUT2D eigenvalue weighted by molar-refractivity contribution is 7.99. The predicted molar refractivity (Wildman–Crippen MR) is 114 cm³/mol. The third kappa shape index (κ3) is 8.01. The van der Waals surface area contributed by atoms with Gasteiger partial charge in [0.2, 0.25) is 5.91 Å². The molecule has 0 saturated carbocycles. The number of nitrogens with one attached hydrogen (secondary N) is 3. The quantitative estimate of drug-likeness (QED) is 0.147. The minimum atomic E-state index is -0.696.